The Morgan fingerprint density at radius 2 is 1.89 bits per heavy atom. The molecule has 0 saturated carbocycles. The van der Waals surface area contributed by atoms with Gasteiger partial charge in [-0.1, -0.05) is 13.8 Å². The van der Waals surface area contributed by atoms with Gasteiger partial charge in [0.15, 0.2) is 0 Å². The Balaban J connectivity index is 3.72. The summed E-state index contributed by atoms with van der Waals surface area (Å²) >= 11 is 0. The number of hydrogen-bond donors (Lipinski definition) is 3. The third-order valence-corrected chi connectivity index (χ3v) is 2.53. The van der Waals surface area contributed by atoms with Crippen LogP contribution in [0, 0.1) is 5.92 Å². The number of aliphatic carboxylic acids is 1. The second kappa shape index (κ2) is 9.70. The zero-order valence-corrected chi connectivity index (χ0v) is 11.4. The van der Waals surface area contributed by atoms with Crippen LogP contribution < -0.4 is 10.6 Å². The van der Waals surface area contributed by atoms with Gasteiger partial charge >= 0.3 is 12.0 Å². The molecule has 0 rings (SSSR count). The van der Waals surface area contributed by atoms with E-state index >= 15 is 0 Å². The SMILES string of the molecule is COCCCCCNC(=O)N[C@@H](C(=O)O)C(C)C. The second-order valence-electron chi connectivity index (χ2n) is 4.51. The number of carbonyl (C=O) groups is 2. The lowest BCUT2D eigenvalue weighted by Gasteiger charge is -2.18. The molecule has 106 valence electrons. The summed E-state index contributed by atoms with van der Waals surface area (Å²) in [6, 6.07) is -1.28. The van der Waals surface area contributed by atoms with Gasteiger partial charge in [0.2, 0.25) is 0 Å². The molecule has 3 N–H and O–H groups in total. The van der Waals surface area contributed by atoms with E-state index in [1.807, 2.05) is 0 Å². The third kappa shape index (κ3) is 7.89. The monoisotopic (exact) mass is 260 g/mol. The van der Waals surface area contributed by atoms with Crippen LogP contribution in [0.5, 0.6) is 0 Å². The highest BCUT2D eigenvalue weighted by Crippen LogP contribution is 2.01. The number of ether oxygens (including phenoxy) is 1. The fourth-order valence-corrected chi connectivity index (χ4v) is 1.46. The van der Waals surface area contributed by atoms with Gasteiger partial charge in [-0.3, -0.25) is 0 Å². The van der Waals surface area contributed by atoms with Gasteiger partial charge in [-0.2, -0.15) is 0 Å². The van der Waals surface area contributed by atoms with Crippen molar-refractivity contribution in [2.24, 2.45) is 5.92 Å². The van der Waals surface area contributed by atoms with Crippen molar-refractivity contribution in [1.29, 1.82) is 0 Å². The number of methoxy groups -OCH3 is 1. The van der Waals surface area contributed by atoms with Gasteiger partial charge < -0.3 is 20.5 Å². The minimum absolute atomic E-state index is 0.144. The summed E-state index contributed by atoms with van der Waals surface area (Å²) in [7, 11) is 1.66. The van der Waals surface area contributed by atoms with Crippen molar-refractivity contribution < 1.29 is 19.4 Å². The Morgan fingerprint density at radius 1 is 1.22 bits per heavy atom. The molecular weight excluding hydrogens is 236 g/mol. The largest absolute Gasteiger partial charge is 0.480 e. The molecule has 0 aliphatic carbocycles. The quantitative estimate of drug-likeness (QED) is 0.544. The van der Waals surface area contributed by atoms with Gasteiger partial charge in [-0.05, 0) is 25.2 Å². The van der Waals surface area contributed by atoms with Crippen molar-refractivity contribution in [3.63, 3.8) is 0 Å². The predicted octanol–water partition coefficient (Wildman–Crippen LogP) is 1.21. The number of carbonyl (C=O) groups excluding carboxylic acids is 1. The first kappa shape index (κ1) is 16.7. The van der Waals surface area contributed by atoms with Crippen molar-refractivity contribution >= 4 is 12.0 Å². The van der Waals surface area contributed by atoms with Crippen LogP contribution in [0.25, 0.3) is 0 Å². The number of urea groups is 1. The Bertz CT molecular complexity index is 256. The van der Waals surface area contributed by atoms with Crippen LogP contribution in [0.3, 0.4) is 0 Å². The first-order chi connectivity index (χ1) is 8.49. The molecule has 6 heteroatoms. The summed E-state index contributed by atoms with van der Waals surface area (Å²) in [5.41, 5.74) is 0. The van der Waals surface area contributed by atoms with Crippen molar-refractivity contribution in [2.45, 2.75) is 39.2 Å². The molecular formula is C12H24N2O4. The molecule has 0 bridgehead atoms. The normalized spacial score (nSPS) is 12.2. The van der Waals surface area contributed by atoms with Crippen LogP contribution in [0.15, 0.2) is 0 Å². The maximum atomic E-state index is 11.4. The molecule has 0 spiro atoms. The minimum atomic E-state index is -1.01. The maximum absolute atomic E-state index is 11.4. The fraction of sp³-hybridized carbons (Fsp3) is 0.833. The van der Waals surface area contributed by atoms with E-state index in [0.717, 1.165) is 25.9 Å². The average molecular weight is 260 g/mol. The molecule has 0 fully saturated rings. The van der Waals surface area contributed by atoms with Crippen molar-refractivity contribution in [2.75, 3.05) is 20.3 Å². The van der Waals surface area contributed by atoms with Gasteiger partial charge in [-0.25, -0.2) is 9.59 Å². The van der Waals surface area contributed by atoms with E-state index in [9.17, 15) is 9.59 Å². The van der Waals surface area contributed by atoms with E-state index < -0.39 is 18.0 Å². The molecule has 0 aromatic carbocycles. The second-order valence-corrected chi connectivity index (χ2v) is 4.51. The Kier molecular flexibility index (Phi) is 9.00. The number of unbranched alkanes of at least 4 members (excludes halogenated alkanes) is 2. The molecule has 18 heavy (non-hydrogen) atoms. The maximum Gasteiger partial charge on any atom is 0.326 e. The molecule has 0 aromatic rings. The Labute approximate surface area is 108 Å². The summed E-state index contributed by atoms with van der Waals surface area (Å²) < 4.78 is 4.91. The predicted molar refractivity (Wildman–Crippen MR) is 68.5 cm³/mol. The Morgan fingerprint density at radius 3 is 2.39 bits per heavy atom. The highest BCUT2D eigenvalue weighted by Gasteiger charge is 2.22. The molecule has 0 aliphatic rings. The topological polar surface area (TPSA) is 87.7 Å². The van der Waals surface area contributed by atoms with E-state index in [4.69, 9.17) is 9.84 Å². The zero-order valence-electron chi connectivity index (χ0n) is 11.4. The first-order valence-corrected chi connectivity index (χ1v) is 6.25. The zero-order chi connectivity index (χ0) is 14.0. The minimum Gasteiger partial charge on any atom is -0.480 e. The smallest absolute Gasteiger partial charge is 0.326 e. The molecule has 6 nitrogen and oxygen atoms in total. The molecule has 2 amide bonds. The third-order valence-electron chi connectivity index (χ3n) is 2.53. The van der Waals surface area contributed by atoms with Gasteiger partial charge in [-0.15, -0.1) is 0 Å². The van der Waals surface area contributed by atoms with Crippen LogP contribution in [0.1, 0.15) is 33.1 Å². The van der Waals surface area contributed by atoms with E-state index in [0.29, 0.717) is 6.54 Å². The summed E-state index contributed by atoms with van der Waals surface area (Å²) in [5, 5.41) is 14.0. The van der Waals surface area contributed by atoms with Crippen molar-refractivity contribution in [1.82, 2.24) is 10.6 Å². The molecule has 0 radical (unpaired) electrons. The lowest BCUT2D eigenvalue weighted by atomic mass is 10.1. The number of nitrogens with one attached hydrogen (secondary N) is 2. The number of rotatable bonds is 9. The van der Waals surface area contributed by atoms with Crippen molar-refractivity contribution in [3.8, 4) is 0 Å². The highest BCUT2D eigenvalue weighted by molar-refractivity contribution is 5.82. The summed E-state index contributed by atoms with van der Waals surface area (Å²) in [5.74, 6) is -1.16. The standard InChI is InChI=1S/C12H24N2O4/c1-9(2)10(11(15)16)14-12(17)13-7-5-4-6-8-18-3/h9-10H,4-8H2,1-3H3,(H,15,16)(H2,13,14,17)/t10-/m1/s1. The van der Waals surface area contributed by atoms with E-state index in [-0.39, 0.29) is 5.92 Å². The molecule has 0 aliphatic heterocycles. The molecule has 0 aromatic heterocycles. The summed E-state index contributed by atoms with van der Waals surface area (Å²) in [6.07, 6.45) is 2.79. The number of amides is 2. The van der Waals surface area contributed by atoms with Crippen LogP contribution in [-0.4, -0.2) is 43.4 Å². The number of carboxylic acids is 1. The van der Waals surface area contributed by atoms with Gasteiger partial charge in [0.1, 0.15) is 6.04 Å². The van der Waals surface area contributed by atoms with Crippen LogP contribution >= 0.6 is 0 Å². The van der Waals surface area contributed by atoms with Crippen LogP contribution in [0.2, 0.25) is 0 Å². The first-order valence-electron chi connectivity index (χ1n) is 6.25. The van der Waals surface area contributed by atoms with Gasteiger partial charge in [0, 0.05) is 20.3 Å². The lowest BCUT2D eigenvalue weighted by Crippen LogP contribution is -2.48. The van der Waals surface area contributed by atoms with Crippen molar-refractivity contribution in [3.05, 3.63) is 0 Å². The number of carboxylic acid groups (broad SMARTS) is 1. The lowest BCUT2D eigenvalue weighted by molar-refractivity contribution is -0.140. The molecule has 0 heterocycles. The van der Waals surface area contributed by atoms with Gasteiger partial charge in [0.05, 0.1) is 0 Å². The fourth-order valence-electron chi connectivity index (χ4n) is 1.46. The molecule has 1 atom stereocenters. The van der Waals surface area contributed by atoms with E-state index in [2.05, 4.69) is 10.6 Å². The average Bonchev–Trinajstić information content (AvgIpc) is 2.29. The Hall–Kier alpha value is -1.30. The van der Waals surface area contributed by atoms with Crippen LogP contribution in [0.4, 0.5) is 4.79 Å². The van der Waals surface area contributed by atoms with E-state index in [1.165, 1.54) is 0 Å². The molecule has 0 saturated heterocycles. The van der Waals surface area contributed by atoms with Gasteiger partial charge in [0.25, 0.3) is 0 Å². The summed E-state index contributed by atoms with van der Waals surface area (Å²) in [6.45, 7) is 4.77. The van der Waals surface area contributed by atoms with Crippen LogP contribution in [-0.2, 0) is 9.53 Å². The summed E-state index contributed by atoms with van der Waals surface area (Å²) in [4.78, 5) is 22.3. The number of hydrogen-bond acceptors (Lipinski definition) is 3. The van der Waals surface area contributed by atoms with E-state index in [1.54, 1.807) is 21.0 Å². The molecule has 0 unspecified atom stereocenters. The highest BCUT2D eigenvalue weighted by atomic mass is 16.5.